The van der Waals surface area contributed by atoms with Crippen molar-refractivity contribution in [3.05, 3.63) is 59.9 Å². The summed E-state index contributed by atoms with van der Waals surface area (Å²) in [5, 5.41) is 0. The number of carbonyl (C=O) groups excluding carboxylic acids is 1. The number of hydrogen-bond donors (Lipinski definition) is 0. The van der Waals surface area contributed by atoms with E-state index in [4.69, 9.17) is 0 Å². The maximum absolute atomic E-state index is 14.3. The average Bonchev–Trinajstić information content (AvgIpc) is 2.96. The van der Waals surface area contributed by atoms with Crippen molar-refractivity contribution >= 4 is 15.7 Å². The molecule has 1 aliphatic rings. The maximum Gasteiger partial charge on any atom is 0.257 e. The lowest BCUT2D eigenvalue weighted by Gasteiger charge is -2.27. The van der Waals surface area contributed by atoms with Crippen LogP contribution in [0.15, 0.2) is 48.5 Å². The first-order valence-corrected chi connectivity index (χ1v) is 10.1. The van der Waals surface area contributed by atoms with E-state index < -0.39 is 21.6 Å². The second kappa shape index (κ2) is 6.96. The van der Waals surface area contributed by atoms with Gasteiger partial charge in [0, 0.05) is 12.6 Å². The number of rotatable bonds is 4. The van der Waals surface area contributed by atoms with Crippen LogP contribution in [0, 0.1) is 5.82 Å². The van der Waals surface area contributed by atoms with Crippen molar-refractivity contribution in [2.75, 3.05) is 18.1 Å². The van der Waals surface area contributed by atoms with Gasteiger partial charge in [-0.1, -0.05) is 36.4 Å². The van der Waals surface area contributed by atoms with Gasteiger partial charge in [-0.2, -0.15) is 0 Å². The number of amides is 1. The van der Waals surface area contributed by atoms with Gasteiger partial charge in [0.2, 0.25) is 0 Å². The highest BCUT2D eigenvalue weighted by Crippen LogP contribution is 2.25. The van der Waals surface area contributed by atoms with E-state index in [1.807, 2.05) is 30.3 Å². The van der Waals surface area contributed by atoms with Crippen molar-refractivity contribution in [1.29, 1.82) is 0 Å². The van der Waals surface area contributed by atoms with E-state index in [1.54, 1.807) is 19.1 Å². The van der Waals surface area contributed by atoms with Crippen LogP contribution in [-0.4, -0.2) is 43.3 Å². The number of benzene rings is 2. The smallest absolute Gasteiger partial charge is 0.257 e. The Morgan fingerprint density at radius 1 is 1.16 bits per heavy atom. The van der Waals surface area contributed by atoms with Crippen LogP contribution in [0.5, 0.6) is 0 Å². The van der Waals surface area contributed by atoms with Gasteiger partial charge in [0.15, 0.2) is 9.84 Å². The Balaban J connectivity index is 1.93. The highest BCUT2D eigenvalue weighted by Gasteiger charge is 2.34. The Hall–Kier alpha value is -2.21. The first-order chi connectivity index (χ1) is 11.9. The van der Waals surface area contributed by atoms with Gasteiger partial charge in [-0.05, 0) is 36.6 Å². The Labute approximate surface area is 147 Å². The third-order valence-corrected chi connectivity index (χ3v) is 6.30. The molecule has 0 radical (unpaired) electrons. The van der Waals surface area contributed by atoms with Crippen molar-refractivity contribution in [3.63, 3.8) is 0 Å². The molecule has 3 rings (SSSR count). The molecule has 0 aromatic heterocycles. The van der Waals surface area contributed by atoms with E-state index in [1.165, 1.54) is 11.0 Å². The van der Waals surface area contributed by atoms with E-state index >= 15 is 0 Å². The third-order valence-electron chi connectivity index (χ3n) is 4.55. The number of nitrogens with zero attached hydrogens (tertiary/aromatic N) is 1. The molecule has 6 heteroatoms. The zero-order valence-electron chi connectivity index (χ0n) is 14.0. The molecule has 1 fully saturated rings. The number of halogens is 1. The minimum absolute atomic E-state index is 0.0208. The van der Waals surface area contributed by atoms with Crippen LogP contribution < -0.4 is 0 Å². The minimum atomic E-state index is -3.12. The summed E-state index contributed by atoms with van der Waals surface area (Å²) >= 11 is 0. The van der Waals surface area contributed by atoms with Crippen molar-refractivity contribution in [2.45, 2.75) is 19.4 Å². The average molecular weight is 361 g/mol. The fourth-order valence-corrected chi connectivity index (χ4v) is 4.97. The van der Waals surface area contributed by atoms with Gasteiger partial charge < -0.3 is 4.90 Å². The van der Waals surface area contributed by atoms with E-state index in [2.05, 4.69) is 0 Å². The first kappa shape index (κ1) is 17.6. The fraction of sp³-hybridized carbons (Fsp3) is 0.316. The van der Waals surface area contributed by atoms with Crippen LogP contribution in [-0.2, 0) is 9.84 Å². The van der Waals surface area contributed by atoms with Gasteiger partial charge in [-0.15, -0.1) is 0 Å². The minimum Gasteiger partial charge on any atom is -0.335 e. The molecular weight excluding hydrogens is 341 g/mol. The van der Waals surface area contributed by atoms with Gasteiger partial charge in [-0.25, -0.2) is 12.8 Å². The molecule has 1 amide bonds. The lowest BCUT2D eigenvalue weighted by atomic mass is 10.0. The normalized spacial score (nSPS) is 18.9. The molecule has 0 spiro atoms. The first-order valence-electron chi connectivity index (χ1n) is 8.27. The van der Waals surface area contributed by atoms with E-state index in [0.717, 1.165) is 11.1 Å². The summed E-state index contributed by atoms with van der Waals surface area (Å²) in [7, 11) is -3.12. The van der Waals surface area contributed by atoms with Crippen molar-refractivity contribution in [2.24, 2.45) is 0 Å². The van der Waals surface area contributed by atoms with Crippen LogP contribution in [0.1, 0.15) is 23.7 Å². The molecule has 1 unspecified atom stereocenters. The van der Waals surface area contributed by atoms with Gasteiger partial charge >= 0.3 is 0 Å². The molecular formula is C19H20FNO3S. The van der Waals surface area contributed by atoms with Crippen LogP contribution in [0.3, 0.4) is 0 Å². The predicted octanol–water partition coefficient (Wildman–Crippen LogP) is 3.14. The molecule has 0 saturated carbocycles. The molecule has 1 heterocycles. The molecule has 25 heavy (non-hydrogen) atoms. The van der Waals surface area contributed by atoms with E-state index in [0.29, 0.717) is 13.0 Å². The lowest BCUT2D eigenvalue weighted by Crippen LogP contribution is -2.41. The Morgan fingerprint density at radius 2 is 1.88 bits per heavy atom. The summed E-state index contributed by atoms with van der Waals surface area (Å²) in [6, 6.07) is 13.5. The molecule has 0 aliphatic carbocycles. The zero-order chi connectivity index (χ0) is 18.0. The van der Waals surface area contributed by atoms with Crippen molar-refractivity contribution < 1.29 is 17.6 Å². The zero-order valence-corrected chi connectivity index (χ0v) is 14.8. The highest BCUT2D eigenvalue weighted by atomic mass is 32.2. The highest BCUT2D eigenvalue weighted by molar-refractivity contribution is 7.91. The molecule has 2 aromatic carbocycles. The molecule has 0 bridgehead atoms. The third kappa shape index (κ3) is 3.74. The Kier molecular flexibility index (Phi) is 4.90. The summed E-state index contributed by atoms with van der Waals surface area (Å²) in [5.41, 5.74) is 1.62. The van der Waals surface area contributed by atoms with E-state index in [9.17, 15) is 17.6 Å². The van der Waals surface area contributed by atoms with Gasteiger partial charge in [0.1, 0.15) is 5.82 Å². The summed E-state index contributed by atoms with van der Waals surface area (Å²) in [6.45, 7) is 2.12. The topological polar surface area (TPSA) is 54.5 Å². The maximum atomic E-state index is 14.3. The van der Waals surface area contributed by atoms with Crippen LogP contribution in [0.2, 0.25) is 0 Å². The van der Waals surface area contributed by atoms with Crippen LogP contribution in [0.4, 0.5) is 4.39 Å². The van der Waals surface area contributed by atoms with Gasteiger partial charge in [0.05, 0.1) is 17.1 Å². The van der Waals surface area contributed by atoms with Crippen LogP contribution in [0.25, 0.3) is 11.1 Å². The van der Waals surface area contributed by atoms with Gasteiger partial charge in [0.25, 0.3) is 5.91 Å². The molecule has 4 nitrogen and oxygen atoms in total. The number of hydrogen-bond acceptors (Lipinski definition) is 3. The number of sulfone groups is 1. The van der Waals surface area contributed by atoms with Crippen molar-refractivity contribution in [3.8, 4) is 11.1 Å². The molecule has 1 aliphatic heterocycles. The van der Waals surface area contributed by atoms with Gasteiger partial charge in [-0.3, -0.25) is 4.79 Å². The Morgan fingerprint density at radius 3 is 2.48 bits per heavy atom. The number of carbonyl (C=O) groups is 1. The molecule has 1 saturated heterocycles. The molecule has 132 valence electrons. The molecule has 2 aromatic rings. The monoisotopic (exact) mass is 361 g/mol. The fourth-order valence-electron chi connectivity index (χ4n) is 3.24. The Bertz CT molecular complexity index is 881. The lowest BCUT2D eigenvalue weighted by molar-refractivity contribution is 0.0703. The molecule has 1 atom stereocenters. The largest absolute Gasteiger partial charge is 0.335 e. The summed E-state index contributed by atoms with van der Waals surface area (Å²) in [6.07, 6.45) is 0.405. The van der Waals surface area contributed by atoms with E-state index in [-0.39, 0.29) is 23.1 Å². The summed E-state index contributed by atoms with van der Waals surface area (Å²) in [5.74, 6) is -1.02. The summed E-state index contributed by atoms with van der Waals surface area (Å²) < 4.78 is 37.7. The molecule has 0 N–H and O–H groups in total. The van der Waals surface area contributed by atoms with Crippen LogP contribution >= 0.6 is 0 Å². The standard InChI is InChI=1S/C19H20FNO3S/c1-2-21(16-10-11-25(23,24)13-16)19(22)17-12-15(8-9-18(17)20)14-6-4-3-5-7-14/h3-9,12,16H,2,10-11,13H2,1H3. The predicted molar refractivity (Wildman–Crippen MR) is 95.6 cm³/mol. The summed E-state index contributed by atoms with van der Waals surface area (Å²) in [4.78, 5) is 14.3. The van der Waals surface area contributed by atoms with Crippen molar-refractivity contribution in [1.82, 2.24) is 4.90 Å². The quantitative estimate of drug-likeness (QED) is 0.841. The second-order valence-corrected chi connectivity index (χ2v) is 8.44. The SMILES string of the molecule is CCN(C(=O)c1cc(-c2ccccc2)ccc1F)C1CCS(=O)(=O)C1. The second-order valence-electron chi connectivity index (χ2n) is 6.21.